The maximum Gasteiger partial charge on any atom is 0.261 e. The first-order valence-corrected chi connectivity index (χ1v) is 8.06. The molecular formula is C13H8BrClN2O2S. The quantitative estimate of drug-likeness (QED) is 0.892. The predicted octanol–water partition coefficient (Wildman–Crippen LogP) is 3.77. The van der Waals surface area contributed by atoms with Gasteiger partial charge in [-0.05, 0) is 58.4 Å². The number of rotatable bonds is 3. The van der Waals surface area contributed by atoms with Gasteiger partial charge in [-0.3, -0.25) is 4.72 Å². The van der Waals surface area contributed by atoms with Crippen LogP contribution >= 0.6 is 27.5 Å². The summed E-state index contributed by atoms with van der Waals surface area (Å²) in [6.45, 7) is 0. The molecule has 0 amide bonds. The summed E-state index contributed by atoms with van der Waals surface area (Å²) in [7, 11) is -3.73. The van der Waals surface area contributed by atoms with Crippen molar-refractivity contribution in [3.63, 3.8) is 0 Å². The van der Waals surface area contributed by atoms with Crippen LogP contribution in [0.3, 0.4) is 0 Å². The molecule has 0 aromatic heterocycles. The van der Waals surface area contributed by atoms with Crippen LogP contribution in [0.25, 0.3) is 0 Å². The Kier molecular flexibility index (Phi) is 4.33. The first kappa shape index (κ1) is 14.9. The molecular weight excluding hydrogens is 364 g/mol. The van der Waals surface area contributed by atoms with Gasteiger partial charge in [0, 0.05) is 9.50 Å². The Morgan fingerprint density at radius 1 is 1.15 bits per heavy atom. The van der Waals surface area contributed by atoms with Gasteiger partial charge < -0.3 is 0 Å². The molecule has 2 aromatic rings. The normalized spacial score (nSPS) is 10.8. The van der Waals surface area contributed by atoms with E-state index in [0.29, 0.717) is 20.7 Å². The minimum absolute atomic E-state index is 0.0726. The third-order valence-corrected chi connectivity index (χ3v) is 4.77. The van der Waals surface area contributed by atoms with Gasteiger partial charge in [0.05, 0.1) is 22.2 Å². The van der Waals surface area contributed by atoms with Crippen LogP contribution in [0.2, 0.25) is 5.02 Å². The maximum absolute atomic E-state index is 12.2. The number of hydrogen-bond donors (Lipinski definition) is 1. The molecule has 0 unspecified atom stereocenters. The fraction of sp³-hybridized carbons (Fsp3) is 0. The van der Waals surface area contributed by atoms with Crippen molar-refractivity contribution in [2.45, 2.75) is 4.90 Å². The molecule has 0 aliphatic rings. The molecule has 1 N–H and O–H groups in total. The summed E-state index contributed by atoms with van der Waals surface area (Å²) in [6.07, 6.45) is 0. The van der Waals surface area contributed by atoms with Crippen LogP contribution in [0, 0.1) is 11.3 Å². The molecule has 0 saturated carbocycles. The van der Waals surface area contributed by atoms with Crippen molar-refractivity contribution < 1.29 is 8.42 Å². The third-order valence-electron chi connectivity index (χ3n) is 2.47. The van der Waals surface area contributed by atoms with E-state index in [0.717, 1.165) is 0 Å². The Bertz CT molecular complexity index is 783. The summed E-state index contributed by atoms with van der Waals surface area (Å²) in [5, 5.41) is 9.12. The van der Waals surface area contributed by atoms with Crippen LogP contribution in [-0.4, -0.2) is 8.42 Å². The van der Waals surface area contributed by atoms with E-state index in [1.54, 1.807) is 12.1 Å². The van der Waals surface area contributed by atoms with Crippen LogP contribution < -0.4 is 4.72 Å². The lowest BCUT2D eigenvalue weighted by molar-refractivity contribution is 0.601. The molecule has 4 nitrogen and oxygen atoms in total. The highest BCUT2D eigenvalue weighted by Crippen LogP contribution is 2.28. The highest BCUT2D eigenvalue weighted by atomic mass is 79.9. The van der Waals surface area contributed by atoms with E-state index in [4.69, 9.17) is 16.9 Å². The van der Waals surface area contributed by atoms with Gasteiger partial charge in [-0.2, -0.15) is 5.26 Å². The minimum Gasteiger partial charge on any atom is -0.278 e. The van der Waals surface area contributed by atoms with E-state index in [-0.39, 0.29) is 4.90 Å². The number of benzene rings is 2. The smallest absolute Gasteiger partial charge is 0.261 e. The Morgan fingerprint density at radius 3 is 2.40 bits per heavy atom. The molecule has 0 bridgehead atoms. The lowest BCUT2D eigenvalue weighted by Crippen LogP contribution is -2.13. The maximum atomic E-state index is 12.2. The van der Waals surface area contributed by atoms with Crippen LogP contribution in [0.5, 0.6) is 0 Å². The summed E-state index contributed by atoms with van der Waals surface area (Å²) in [5.74, 6) is 0. The summed E-state index contributed by atoms with van der Waals surface area (Å²) in [5.41, 5.74) is 0.745. The van der Waals surface area contributed by atoms with Crippen LogP contribution in [0.15, 0.2) is 51.8 Å². The van der Waals surface area contributed by atoms with Gasteiger partial charge in [-0.1, -0.05) is 11.6 Å². The van der Waals surface area contributed by atoms with Gasteiger partial charge in [0.2, 0.25) is 0 Å². The molecule has 0 aliphatic carbocycles. The van der Waals surface area contributed by atoms with Gasteiger partial charge in [-0.25, -0.2) is 8.42 Å². The zero-order chi connectivity index (χ0) is 14.8. The minimum atomic E-state index is -3.73. The number of nitrogens with one attached hydrogen (secondary N) is 1. The average molecular weight is 372 g/mol. The summed E-state index contributed by atoms with van der Waals surface area (Å²) in [4.78, 5) is 0.0726. The first-order chi connectivity index (χ1) is 9.42. The highest BCUT2D eigenvalue weighted by Gasteiger charge is 2.15. The highest BCUT2D eigenvalue weighted by molar-refractivity contribution is 9.10. The predicted molar refractivity (Wildman–Crippen MR) is 81.1 cm³/mol. The second-order valence-electron chi connectivity index (χ2n) is 3.87. The van der Waals surface area contributed by atoms with Crippen molar-refractivity contribution >= 4 is 43.2 Å². The van der Waals surface area contributed by atoms with Crippen molar-refractivity contribution in [3.8, 4) is 6.07 Å². The standard InChI is InChI=1S/C13H8BrClN2O2S/c14-12-6-3-10(15)7-13(12)17-20(18,19)11-4-1-9(8-16)2-5-11/h1-7,17H. The number of hydrogen-bond acceptors (Lipinski definition) is 3. The Morgan fingerprint density at radius 2 is 1.80 bits per heavy atom. The van der Waals surface area contributed by atoms with E-state index in [1.165, 1.54) is 30.3 Å². The van der Waals surface area contributed by atoms with Crippen LogP contribution in [0.1, 0.15) is 5.56 Å². The van der Waals surface area contributed by atoms with Crippen molar-refractivity contribution in [1.29, 1.82) is 5.26 Å². The fourth-order valence-corrected chi connectivity index (χ4v) is 3.21. The van der Waals surface area contributed by atoms with E-state index in [1.807, 2.05) is 6.07 Å². The van der Waals surface area contributed by atoms with Crippen LogP contribution in [0.4, 0.5) is 5.69 Å². The van der Waals surface area contributed by atoms with Gasteiger partial charge in [0.1, 0.15) is 0 Å². The number of anilines is 1. The van der Waals surface area contributed by atoms with Crippen molar-refractivity contribution in [2.75, 3.05) is 4.72 Å². The summed E-state index contributed by atoms with van der Waals surface area (Å²) >= 11 is 9.09. The van der Waals surface area contributed by atoms with E-state index >= 15 is 0 Å². The van der Waals surface area contributed by atoms with Gasteiger partial charge in [0.15, 0.2) is 0 Å². The van der Waals surface area contributed by atoms with E-state index < -0.39 is 10.0 Å². The summed E-state index contributed by atoms with van der Waals surface area (Å²) < 4.78 is 27.4. The fourth-order valence-electron chi connectivity index (χ4n) is 1.49. The zero-order valence-corrected chi connectivity index (χ0v) is 13.1. The molecule has 20 heavy (non-hydrogen) atoms. The van der Waals surface area contributed by atoms with Crippen LogP contribution in [-0.2, 0) is 10.0 Å². The molecule has 2 rings (SSSR count). The number of halogens is 2. The van der Waals surface area contributed by atoms with Gasteiger partial charge in [0.25, 0.3) is 10.0 Å². The van der Waals surface area contributed by atoms with Crippen molar-refractivity contribution in [3.05, 3.63) is 57.5 Å². The molecule has 0 fully saturated rings. The first-order valence-electron chi connectivity index (χ1n) is 5.40. The largest absolute Gasteiger partial charge is 0.278 e. The van der Waals surface area contributed by atoms with E-state index in [2.05, 4.69) is 20.7 Å². The zero-order valence-electron chi connectivity index (χ0n) is 9.97. The number of sulfonamides is 1. The third kappa shape index (κ3) is 3.31. The monoisotopic (exact) mass is 370 g/mol. The molecule has 0 atom stereocenters. The van der Waals surface area contributed by atoms with Crippen molar-refractivity contribution in [2.24, 2.45) is 0 Å². The lowest BCUT2D eigenvalue weighted by atomic mass is 10.2. The van der Waals surface area contributed by atoms with E-state index in [9.17, 15) is 8.42 Å². The molecule has 7 heteroatoms. The lowest BCUT2D eigenvalue weighted by Gasteiger charge is -2.10. The van der Waals surface area contributed by atoms with Gasteiger partial charge in [-0.15, -0.1) is 0 Å². The molecule has 0 saturated heterocycles. The topological polar surface area (TPSA) is 70.0 Å². The SMILES string of the molecule is N#Cc1ccc(S(=O)(=O)Nc2cc(Cl)ccc2Br)cc1. The molecule has 0 aliphatic heterocycles. The van der Waals surface area contributed by atoms with Gasteiger partial charge >= 0.3 is 0 Å². The molecule has 102 valence electrons. The molecule has 0 spiro atoms. The Hall–Kier alpha value is -1.55. The Balaban J connectivity index is 2.35. The number of nitrogens with zero attached hydrogens (tertiary/aromatic N) is 1. The molecule has 0 radical (unpaired) electrons. The Labute approximate surface area is 130 Å². The molecule has 0 heterocycles. The molecule has 2 aromatic carbocycles. The average Bonchev–Trinajstić information content (AvgIpc) is 2.43. The number of nitriles is 1. The van der Waals surface area contributed by atoms with Crippen molar-refractivity contribution in [1.82, 2.24) is 0 Å². The second kappa shape index (κ2) is 5.83. The summed E-state index contributed by atoms with van der Waals surface area (Å²) in [6, 6.07) is 12.4. The second-order valence-corrected chi connectivity index (χ2v) is 6.84.